The van der Waals surface area contributed by atoms with Crippen LogP contribution < -0.4 is 10.6 Å². The van der Waals surface area contributed by atoms with Crippen molar-refractivity contribution in [3.05, 3.63) is 53.2 Å². The van der Waals surface area contributed by atoms with Crippen molar-refractivity contribution < 1.29 is 19.0 Å². The third-order valence-corrected chi connectivity index (χ3v) is 7.14. The molecule has 2 atom stereocenters. The summed E-state index contributed by atoms with van der Waals surface area (Å²) in [5.41, 5.74) is 2.83. The molecule has 0 amide bonds. The van der Waals surface area contributed by atoms with Crippen LogP contribution in [0.15, 0.2) is 30.3 Å². The predicted molar refractivity (Wildman–Crippen MR) is 151 cm³/mol. The number of hydrogen-bond acceptors (Lipinski definition) is 8. The Morgan fingerprint density at radius 1 is 1.21 bits per heavy atom. The Kier molecular flexibility index (Phi) is 10.00. The van der Waals surface area contributed by atoms with E-state index in [2.05, 4.69) is 37.6 Å². The number of hydrogen-bond donors (Lipinski definition) is 3. The Balaban J connectivity index is 1.35. The molecule has 0 radical (unpaired) electrons. The highest BCUT2D eigenvalue weighted by atomic mass is 19.1. The molecular formula is C29H39FN6O3. The largest absolute Gasteiger partial charge is 0.480 e. The number of rotatable bonds is 14. The number of unbranched alkanes of at least 4 members (excludes halogenated alkanes) is 1. The molecular weight excluding hydrogens is 499 g/mol. The minimum atomic E-state index is -0.964. The van der Waals surface area contributed by atoms with Crippen LogP contribution >= 0.6 is 0 Å². The van der Waals surface area contributed by atoms with E-state index in [0.717, 1.165) is 56.7 Å². The molecule has 3 N–H and O–H groups in total. The molecule has 0 spiro atoms. The second-order valence-corrected chi connectivity index (χ2v) is 10.2. The number of aryl methyl sites for hydroxylation is 3. The lowest BCUT2D eigenvalue weighted by Crippen LogP contribution is -2.38. The standard InChI is InChI=1S/C29H39FN6O3/c1-19(39-3)18-36(15-5-4-8-23-11-9-21-7-6-14-31-27(21)34-23)16-13-25(29(37)38)35-28-24-12-10-22(30)17-26(24)32-20(2)33-28/h9-12,17,19,25H,4-8,13-16,18H2,1-3H3,(H,31,34)(H,37,38)(H,32,33,35). The van der Waals surface area contributed by atoms with Crippen LogP contribution in [0.2, 0.25) is 0 Å². The molecule has 210 valence electrons. The Morgan fingerprint density at radius 2 is 2.05 bits per heavy atom. The van der Waals surface area contributed by atoms with Gasteiger partial charge in [0.25, 0.3) is 0 Å². The first-order valence-corrected chi connectivity index (χ1v) is 13.7. The van der Waals surface area contributed by atoms with Crippen LogP contribution in [0.3, 0.4) is 0 Å². The predicted octanol–water partition coefficient (Wildman–Crippen LogP) is 4.45. The van der Waals surface area contributed by atoms with E-state index in [-0.39, 0.29) is 6.10 Å². The molecule has 2 unspecified atom stereocenters. The van der Waals surface area contributed by atoms with E-state index in [9.17, 15) is 14.3 Å². The molecule has 0 saturated carbocycles. The van der Waals surface area contributed by atoms with Gasteiger partial charge < -0.3 is 25.4 Å². The molecule has 3 heterocycles. The monoisotopic (exact) mass is 538 g/mol. The minimum Gasteiger partial charge on any atom is -0.480 e. The SMILES string of the molecule is COC(C)CN(CCCCc1ccc2c(n1)NCCC2)CCC(Nc1nc(C)nc2cc(F)ccc12)C(=O)O. The van der Waals surface area contributed by atoms with Gasteiger partial charge in [0.15, 0.2) is 0 Å². The fourth-order valence-corrected chi connectivity index (χ4v) is 4.95. The van der Waals surface area contributed by atoms with Gasteiger partial charge in [0.1, 0.15) is 29.3 Å². The number of anilines is 2. The number of nitrogens with zero attached hydrogens (tertiary/aromatic N) is 4. The number of fused-ring (bicyclic) bond motifs is 2. The summed E-state index contributed by atoms with van der Waals surface area (Å²) in [4.78, 5) is 27.9. The van der Waals surface area contributed by atoms with Crippen molar-refractivity contribution in [3.8, 4) is 0 Å². The number of methoxy groups -OCH3 is 1. The van der Waals surface area contributed by atoms with Crippen LogP contribution in [0.5, 0.6) is 0 Å². The van der Waals surface area contributed by atoms with Crippen molar-refractivity contribution in [1.29, 1.82) is 0 Å². The first-order valence-electron chi connectivity index (χ1n) is 13.7. The molecule has 1 aliphatic heterocycles. The second-order valence-electron chi connectivity index (χ2n) is 10.2. The maximum Gasteiger partial charge on any atom is 0.326 e. The van der Waals surface area contributed by atoms with E-state index in [1.54, 1.807) is 20.1 Å². The van der Waals surface area contributed by atoms with Gasteiger partial charge in [-0.2, -0.15) is 0 Å². The summed E-state index contributed by atoms with van der Waals surface area (Å²) in [5.74, 6) is 0.503. The highest BCUT2D eigenvalue weighted by molar-refractivity contribution is 5.91. The smallest absolute Gasteiger partial charge is 0.326 e. The molecule has 3 aromatic rings. The minimum absolute atomic E-state index is 0.0259. The maximum atomic E-state index is 13.7. The van der Waals surface area contributed by atoms with Crippen molar-refractivity contribution >= 4 is 28.5 Å². The molecule has 10 heteroatoms. The average molecular weight is 539 g/mol. The lowest BCUT2D eigenvalue weighted by molar-refractivity contribution is -0.138. The van der Waals surface area contributed by atoms with Gasteiger partial charge in [-0.1, -0.05) is 6.07 Å². The van der Waals surface area contributed by atoms with E-state index in [4.69, 9.17) is 9.72 Å². The lowest BCUT2D eigenvalue weighted by atomic mass is 10.1. The lowest BCUT2D eigenvalue weighted by Gasteiger charge is -2.27. The molecule has 9 nitrogen and oxygen atoms in total. The number of ether oxygens (including phenoxy) is 1. The van der Waals surface area contributed by atoms with Gasteiger partial charge in [0, 0.05) is 43.9 Å². The number of aromatic nitrogens is 3. The van der Waals surface area contributed by atoms with Gasteiger partial charge in [-0.15, -0.1) is 0 Å². The average Bonchev–Trinajstić information content (AvgIpc) is 2.92. The molecule has 1 aromatic carbocycles. The van der Waals surface area contributed by atoms with Crippen molar-refractivity contribution in [3.63, 3.8) is 0 Å². The Labute approximate surface area is 229 Å². The van der Waals surface area contributed by atoms with E-state index in [0.29, 0.717) is 42.1 Å². The van der Waals surface area contributed by atoms with E-state index in [1.165, 1.54) is 17.7 Å². The topological polar surface area (TPSA) is 113 Å². The third-order valence-electron chi connectivity index (χ3n) is 7.14. The van der Waals surface area contributed by atoms with Crippen LogP contribution in [-0.2, 0) is 22.4 Å². The quantitative estimate of drug-likeness (QED) is 0.256. The van der Waals surface area contributed by atoms with Crippen molar-refractivity contribution in [2.24, 2.45) is 0 Å². The number of pyridine rings is 1. The number of halogens is 1. The number of carbonyl (C=O) groups is 1. The molecule has 4 rings (SSSR count). The van der Waals surface area contributed by atoms with Gasteiger partial charge in [0.05, 0.1) is 11.6 Å². The second kappa shape index (κ2) is 13.6. The summed E-state index contributed by atoms with van der Waals surface area (Å²) in [6.07, 6.45) is 5.50. The Hall–Kier alpha value is -3.37. The van der Waals surface area contributed by atoms with Gasteiger partial charge in [-0.25, -0.2) is 24.1 Å². The zero-order valence-electron chi connectivity index (χ0n) is 23.0. The first-order chi connectivity index (χ1) is 18.8. The van der Waals surface area contributed by atoms with E-state index in [1.807, 2.05) is 6.92 Å². The van der Waals surface area contributed by atoms with Crippen LogP contribution in [0.25, 0.3) is 10.9 Å². The number of nitrogens with one attached hydrogen (secondary N) is 2. The summed E-state index contributed by atoms with van der Waals surface area (Å²) in [7, 11) is 1.69. The number of carboxylic acids is 1. The molecule has 0 saturated heterocycles. The summed E-state index contributed by atoms with van der Waals surface area (Å²) >= 11 is 0. The summed E-state index contributed by atoms with van der Waals surface area (Å²) in [6, 6.07) is 7.69. The van der Waals surface area contributed by atoms with Gasteiger partial charge in [-0.05, 0) is 82.7 Å². The fraction of sp³-hybridized carbons (Fsp3) is 0.517. The zero-order valence-corrected chi connectivity index (χ0v) is 23.0. The first kappa shape index (κ1) is 28.6. The van der Waals surface area contributed by atoms with Crippen LogP contribution in [0.1, 0.15) is 49.7 Å². The number of carboxylic acid groups (broad SMARTS) is 1. The van der Waals surface area contributed by atoms with Crippen LogP contribution in [0, 0.1) is 12.7 Å². The molecule has 2 aromatic heterocycles. The van der Waals surface area contributed by atoms with Gasteiger partial charge in [0.2, 0.25) is 0 Å². The third kappa shape index (κ3) is 8.06. The van der Waals surface area contributed by atoms with E-state index >= 15 is 0 Å². The van der Waals surface area contributed by atoms with E-state index < -0.39 is 17.8 Å². The molecule has 0 fully saturated rings. The van der Waals surface area contributed by atoms with Crippen LogP contribution in [-0.4, -0.2) is 76.4 Å². The highest BCUT2D eigenvalue weighted by Crippen LogP contribution is 2.23. The number of benzene rings is 1. The van der Waals surface area contributed by atoms with Crippen molar-refractivity contribution in [2.75, 3.05) is 43.9 Å². The molecule has 39 heavy (non-hydrogen) atoms. The fourth-order valence-electron chi connectivity index (χ4n) is 4.95. The molecule has 0 bridgehead atoms. The summed E-state index contributed by atoms with van der Waals surface area (Å²) in [6.45, 7) is 6.81. The Morgan fingerprint density at radius 3 is 2.85 bits per heavy atom. The normalized spacial score (nSPS) is 14.6. The maximum absolute atomic E-state index is 13.7. The number of aliphatic carboxylic acids is 1. The van der Waals surface area contributed by atoms with Crippen molar-refractivity contribution in [2.45, 2.75) is 64.5 Å². The highest BCUT2D eigenvalue weighted by Gasteiger charge is 2.22. The zero-order chi connectivity index (χ0) is 27.8. The summed E-state index contributed by atoms with van der Waals surface area (Å²) < 4.78 is 19.2. The molecule has 0 aliphatic carbocycles. The summed E-state index contributed by atoms with van der Waals surface area (Å²) in [5, 5.41) is 17.0. The Bertz CT molecular complexity index is 1270. The van der Waals surface area contributed by atoms with Crippen LogP contribution in [0.4, 0.5) is 16.0 Å². The van der Waals surface area contributed by atoms with Crippen molar-refractivity contribution in [1.82, 2.24) is 19.9 Å². The van der Waals surface area contributed by atoms with Gasteiger partial charge in [-0.3, -0.25) is 0 Å². The van der Waals surface area contributed by atoms with Gasteiger partial charge >= 0.3 is 5.97 Å². The molecule has 1 aliphatic rings.